The number of nitrogens with two attached hydrogens (primary N) is 1. The largest absolute Gasteiger partial charge is 0.505 e. The summed E-state index contributed by atoms with van der Waals surface area (Å²) in [6.07, 6.45) is 7.97. The van der Waals surface area contributed by atoms with Crippen molar-refractivity contribution in [3.8, 4) is 86.1 Å². The van der Waals surface area contributed by atoms with Crippen molar-refractivity contribution >= 4 is 132 Å². The SMILES string of the molecule is CC.COC(OC)c1ccc(CO)cc1.COC(OC)c1ccc(COc2ncc(-c3cc(Cl)c(O)c(Cl)c3)nn2)cc1.CSc1ncc(-c2cc(Cl)c(O)c(Cl)c2)nn1.F.NCc1cccc2ccccc12.O=Cc1ccc(COc2ncc(-c3cc(Cl)c(O)c(Cl)c3)nn2)cc1.Oc1c(Cl)cc(-c2cnc(OCc3ccc(CNCc4cccc5ccccc45)cc3)nn2)cc1Cl. The highest BCUT2D eigenvalue weighted by molar-refractivity contribution is 7.98. The van der Waals surface area contributed by atoms with E-state index >= 15 is 0 Å². The monoisotopic (exact) mass is 1990 g/mol. The van der Waals surface area contributed by atoms with Crippen molar-refractivity contribution in [2.75, 3.05) is 34.7 Å². The summed E-state index contributed by atoms with van der Waals surface area (Å²) in [6.45, 7) is 7.09. The number of aliphatic hydroxyl groups excluding tert-OH is 1. The van der Waals surface area contributed by atoms with E-state index in [1.807, 2.05) is 99.0 Å². The van der Waals surface area contributed by atoms with Crippen molar-refractivity contribution in [3.05, 3.63) is 351 Å². The van der Waals surface area contributed by atoms with Gasteiger partial charge in [-0.3, -0.25) is 9.50 Å². The van der Waals surface area contributed by atoms with Gasteiger partial charge in [-0.1, -0.05) is 316 Å². The molecule has 0 fully saturated rings. The Morgan fingerprint density at radius 1 is 0.381 bits per heavy atom. The number of carbonyl (C=O) groups is 1. The summed E-state index contributed by atoms with van der Waals surface area (Å²) in [5, 5.41) is 89.4. The Morgan fingerprint density at radius 2 is 0.687 bits per heavy atom. The van der Waals surface area contributed by atoms with Gasteiger partial charge in [-0.2, -0.15) is 0 Å². The van der Waals surface area contributed by atoms with Crippen molar-refractivity contribution in [2.45, 2.75) is 77.6 Å². The Kier molecular flexibility index (Phi) is 42.7. The second kappa shape index (κ2) is 54.2. The number of benzene rings is 12. The van der Waals surface area contributed by atoms with E-state index in [4.69, 9.17) is 137 Å². The smallest absolute Gasteiger partial charge is 0.336 e. The maximum absolute atomic E-state index is 10.6. The molecule has 0 aliphatic heterocycles. The predicted octanol–water partition coefficient (Wildman–Crippen LogP) is 23.2. The van der Waals surface area contributed by atoms with Gasteiger partial charge in [-0.05, 0) is 115 Å². The number of carbonyl (C=O) groups excluding carboxylic acids is 1. The van der Waals surface area contributed by atoms with Crippen LogP contribution in [0.3, 0.4) is 0 Å². The van der Waals surface area contributed by atoms with Crippen LogP contribution < -0.4 is 25.3 Å². The molecule has 0 amide bonds. The van der Waals surface area contributed by atoms with Gasteiger partial charge in [-0.25, -0.2) is 19.9 Å². The molecule has 16 aromatic rings. The normalized spacial score (nSPS) is 10.6. The second-order valence-corrected chi connectivity index (χ2v) is 31.8. The fourth-order valence-electron chi connectivity index (χ4n) is 12.2. The van der Waals surface area contributed by atoms with Crippen LogP contribution in [0.4, 0.5) is 4.70 Å². The molecule has 0 bridgehead atoms. The third-order valence-corrected chi connectivity index (χ3v) is 21.9. The lowest BCUT2D eigenvalue weighted by molar-refractivity contribution is -0.106. The number of aromatic hydroxyl groups is 4. The van der Waals surface area contributed by atoms with Crippen LogP contribution in [-0.4, -0.2) is 127 Å². The van der Waals surface area contributed by atoms with E-state index in [1.165, 1.54) is 92.9 Å². The molecule has 16 rings (SSSR count). The van der Waals surface area contributed by atoms with Crippen molar-refractivity contribution in [1.29, 1.82) is 0 Å². The molecule has 0 aliphatic carbocycles. The van der Waals surface area contributed by atoms with E-state index in [-0.39, 0.29) is 112 Å². The summed E-state index contributed by atoms with van der Waals surface area (Å²) in [5.74, 6) is -0.678. The van der Waals surface area contributed by atoms with Crippen molar-refractivity contribution in [2.24, 2.45) is 5.73 Å². The number of phenols is 4. The molecule has 0 saturated heterocycles. The number of nitrogens with one attached hydrogen (secondary N) is 1. The molecule has 694 valence electrons. The Bertz CT molecular complexity index is 6320. The lowest BCUT2D eigenvalue weighted by Gasteiger charge is -2.13. The number of rotatable bonds is 27. The highest BCUT2D eigenvalue weighted by Crippen LogP contribution is 2.40. The van der Waals surface area contributed by atoms with Crippen molar-refractivity contribution < 1.29 is 68.2 Å². The zero-order valence-corrected chi connectivity index (χ0v) is 79.6. The summed E-state index contributed by atoms with van der Waals surface area (Å²) in [7, 11) is 6.35. The summed E-state index contributed by atoms with van der Waals surface area (Å²) in [5.41, 5.74) is 19.7. The minimum atomic E-state index is -0.406. The fraction of sp³-hybridized carbons (Fsp3) is 0.165. The number of methoxy groups -OCH3 is 4. The molecule has 4 heterocycles. The Morgan fingerprint density at radius 3 is 1.00 bits per heavy atom. The van der Waals surface area contributed by atoms with Crippen molar-refractivity contribution in [3.63, 3.8) is 0 Å². The molecule has 8 N–H and O–H groups in total. The first-order valence-corrected chi connectivity index (χ1v) is 44.5. The molecule has 0 spiro atoms. The van der Waals surface area contributed by atoms with Gasteiger partial charge >= 0.3 is 18.0 Å². The van der Waals surface area contributed by atoms with Crippen LogP contribution in [0.15, 0.2) is 260 Å². The standard InChI is InChI=1S/C28H22Cl2N4O2.C19H17Cl2N3O4.C17H11Cl2N3O3.C11H11N.C10H7Cl2N3OS.C10H14O3.C2H6.FH/c29-24-12-22(13-25(30)27(24)35)26-16-32-28(34-33-26)36-17-19-10-8-18(9-11-19)14-31-15-21-6-3-5-20-4-1-2-7-23(20)21;1-26-18(27-2)12-5-3-11(4-6-12)10-28-19-22-9-16(23-24-19)13-7-14(20)17(25)15(21)8-13;18-13-5-12(6-14(19)16(13)24)15-7-20-17(22-21-15)25-9-11-3-1-10(8-23)2-4-11;12-8-10-6-3-5-9-4-1-2-7-11(9)10;1-17-10-13-4-8(14-15-10)5-2-6(11)9(16)7(12)3-5;1-12-10(13-2)9-5-3-8(7-11)4-6-9;1-2;/h1-13,16,31,35H,14-15,17H2;3-9,18,25H,10H2,1-2H3;1-8,24H,9H2;1-7H,8,12H2;2-4,16H,1H3;3-6,10-11H,7H2,1-2H3;1-2H3;1H. The zero-order valence-electron chi connectivity index (χ0n) is 72.7. The van der Waals surface area contributed by atoms with Crippen LogP contribution in [0, 0.1) is 0 Å². The molecule has 0 radical (unpaired) electrons. The minimum absolute atomic E-state index is 0. The number of hydrogen-bond donors (Lipinski definition) is 7. The van der Waals surface area contributed by atoms with Gasteiger partial charge in [0, 0.05) is 87.0 Å². The topological polar surface area (TPSA) is 376 Å². The van der Waals surface area contributed by atoms with Gasteiger partial charge in [0.05, 0.1) is 71.6 Å². The summed E-state index contributed by atoms with van der Waals surface area (Å²) in [4.78, 5) is 27.1. The Hall–Kier alpha value is -12.2. The van der Waals surface area contributed by atoms with E-state index in [9.17, 15) is 25.2 Å². The van der Waals surface area contributed by atoms with Crippen LogP contribution in [0.2, 0.25) is 40.2 Å². The molecular weight excluding hydrogens is 1900 g/mol. The molecule has 0 aliphatic rings. The predicted molar refractivity (Wildman–Crippen MR) is 523 cm³/mol. The average molecular weight is 1990 g/mol. The van der Waals surface area contributed by atoms with Crippen molar-refractivity contribution in [1.82, 2.24) is 66.0 Å². The number of hydrogen-bond acceptors (Lipinski definition) is 28. The first-order chi connectivity index (χ1) is 64.5. The molecule has 0 unspecified atom stereocenters. The first-order valence-electron chi connectivity index (χ1n) is 40.3. The number of aldehydes is 1. The number of halogens is 9. The molecule has 0 atom stereocenters. The Balaban J connectivity index is 0.000000187. The molecular formula is C97H89Cl8FN14O13S. The van der Waals surface area contributed by atoms with Gasteiger partial charge in [0.2, 0.25) is 5.16 Å². The third-order valence-electron chi connectivity index (χ3n) is 19.0. The lowest BCUT2D eigenvalue weighted by Crippen LogP contribution is -2.13. The number of thioether (sulfide) groups is 1. The number of phenolic OH excluding ortho intramolecular Hbond substituents is 4. The summed E-state index contributed by atoms with van der Waals surface area (Å²) in [6, 6.07) is 72.3. The molecule has 4 aromatic heterocycles. The minimum Gasteiger partial charge on any atom is -0.505 e. The molecule has 37 heteroatoms. The van der Waals surface area contributed by atoms with Crippen LogP contribution in [0.5, 0.6) is 41.0 Å². The quantitative estimate of drug-likeness (QED) is 0.0143. The maximum Gasteiger partial charge on any atom is 0.336 e. The van der Waals surface area contributed by atoms with E-state index in [0.717, 1.165) is 52.8 Å². The fourth-order valence-corrected chi connectivity index (χ4v) is 14.4. The van der Waals surface area contributed by atoms with E-state index in [1.54, 1.807) is 83.2 Å². The van der Waals surface area contributed by atoms with Gasteiger partial charge in [0.15, 0.2) is 35.6 Å². The number of aliphatic hydroxyl groups is 1. The summed E-state index contributed by atoms with van der Waals surface area (Å²) >= 11 is 48.6. The van der Waals surface area contributed by atoms with Gasteiger partial charge in [-0.15, -0.1) is 25.5 Å². The second-order valence-electron chi connectivity index (χ2n) is 27.7. The number of fused-ring (bicyclic) bond motifs is 2. The van der Waals surface area contributed by atoms with Crippen LogP contribution in [0.1, 0.15) is 86.9 Å². The highest BCUT2D eigenvalue weighted by atomic mass is 35.5. The van der Waals surface area contributed by atoms with Crippen LogP contribution in [-0.2, 0) is 65.0 Å². The first kappa shape index (κ1) is 105. The number of aromatic nitrogens is 12. The number of ether oxygens (including phenoxy) is 7. The molecule has 134 heavy (non-hydrogen) atoms. The number of nitrogens with zero attached hydrogens (tertiary/aromatic N) is 12. The van der Waals surface area contributed by atoms with E-state index in [2.05, 4.69) is 145 Å². The highest BCUT2D eigenvalue weighted by Gasteiger charge is 2.18. The average Bonchev–Trinajstić information content (AvgIpc) is 0.863. The molecule has 12 aromatic carbocycles. The molecule has 0 saturated carbocycles. The maximum atomic E-state index is 10.6. The van der Waals surface area contributed by atoms with Crippen LogP contribution >= 0.6 is 105 Å². The summed E-state index contributed by atoms with van der Waals surface area (Å²) < 4.78 is 37.3. The Labute approximate surface area is 815 Å². The van der Waals surface area contributed by atoms with Gasteiger partial charge in [0.1, 0.15) is 48.9 Å². The zero-order chi connectivity index (χ0) is 95.3. The lowest BCUT2D eigenvalue weighted by atomic mass is 10.0. The van der Waals surface area contributed by atoms with E-state index < -0.39 is 6.29 Å². The molecule has 27 nitrogen and oxygen atoms in total. The third kappa shape index (κ3) is 30.7. The van der Waals surface area contributed by atoms with E-state index in [0.29, 0.717) is 68.9 Å². The van der Waals surface area contributed by atoms with Gasteiger partial charge in [0.25, 0.3) is 0 Å². The van der Waals surface area contributed by atoms with Crippen LogP contribution in [0.25, 0.3) is 66.6 Å². The van der Waals surface area contributed by atoms with Gasteiger partial charge < -0.3 is 69.7 Å².